The molecule has 0 heterocycles. The standard InChI is InChI=1S/C24H34N2O.C7H15NO.BrH/c1-2-3-4-5-6-7-8-9-10-16-21-27-24-20-15-14-19-23(24)26-25-22-17-12-11-13-18-22;1-8(2)6-4-3-5-7-9;/h11-15,17-20H,2-10,16,21H2,1H3;7H,3-6H2,1-2H3;1H. The largest absolute Gasteiger partial charge is 0.491 e. The van der Waals surface area contributed by atoms with Crippen molar-refractivity contribution < 1.29 is 9.53 Å². The van der Waals surface area contributed by atoms with E-state index < -0.39 is 0 Å². The van der Waals surface area contributed by atoms with Crippen LogP contribution >= 0.6 is 17.0 Å². The highest BCUT2D eigenvalue weighted by atomic mass is 79.9. The highest BCUT2D eigenvalue weighted by Gasteiger charge is 2.02. The number of ether oxygens (including phenoxy) is 1. The van der Waals surface area contributed by atoms with Crippen molar-refractivity contribution in [3.8, 4) is 5.75 Å². The number of rotatable bonds is 19. The van der Waals surface area contributed by atoms with Crippen molar-refractivity contribution in [2.45, 2.75) is 90.4 Å². The van der Waals surface area contributed by atoms with Gasteiger partial charge in [-0.25, -0.2) is 0 Å². The van der Waals surface area contributed by atoms with Gasteiger partial charge in [0.05, 0.1) is 12.3 Å². The van der Waals surface area contributed by atoms with Crippen molar-refractivity contribution in [1.82, 2.24) is 4.90 Å². The Morgan fingerprint density at radius 1 is 0.730 bits per heavy atom. The first-order valence-corrected chi connectivity index (χ1v) is 13.9. The number of carbonyl (C=O) groups is 1. The van der Waals surface area contributed by atoms with E-state index in [1.54, 1.807) is 0 Å². The van der Waals surface area contributed by atoms with Gasteiger partial charge in [-0.1, -0.05) is 95.0 Å². The lowest BCUT2D eigenvalue weighted by molar-refractivity contribution is -0.107. The Hall–Kier alpha value is -2.05. The molecule has 2 rings (SSSR count). The van der Waals surface area contributed by atoms with Gasteiger partial charge in [0.1, 0.15) is 17.7 Å². The summed E-state index contributed by atoms with van der Waals surface area (Å²) in [5.41, 5.74) is 1.63. The molecule has 0 amide bonds. The van der Waals surface area contributed by atoms with E-state index in [0.717, 1.165) is 55.8 Å². The van der Waals surface area contributed by atoms with Crippen molar-refractivity contribution in [3.05, 3.63) is 54.6 Å². The summed E-state index contributed by atoms with van der Waals surface area (Å²) < 4.78 is 5.94. The minimum Gasteiger partial charge on any atom is -0.491 e. The Morgan fingerprint density at radius 2 is 1.32 bits per heavy atom. The second kappa shape index (κ2) is 25.6. The molecule has 0 aliphatic heterocycles. The third kappa shape index (κ3) is 20.7. The van der Waals surface area contributed by atoms with E-state index in [-0.39, 0.29) is 17.0 Å². The van der Waals surface area contributed by atoms with Gasteiger partial charge in [-0.3, -0.25) is 0 Å². The minimum atomic E-state index is 0. The molecule has 2 aromatic rings. The van der Waals surface area contributed by atoms with Gasteiger partial charge in [-0.15, -0.1) is 22.1 Å². The Balaban J connectivity index is 0.00000111. The topological polar surface area (TPSA) is 54.3 Å². The summed E-state index contributed by atoms with van der Waals surface area (Å²) in [5.74, 6) is 0.813. The molecule has 0 aliphatic carbocycles. The summed E-state index contributed by atoms with van der Waals surface area (Å²) >= 11 is 0. The summed E-state index contributed by atoms with van der Waals surface area (Å²) in [7, 11) is 4.09. The zero-order valence-corrected chi connectivity index (χ0v) is 25.2. The van der Waals surface area contributed by atoms with Gasteiger partial charge in [-0.05, 0) is 64.2 Å². The number of hydrogen-bond donors (Lipinski definition) is 0. The average Bonchev–Trinajstić information content (AvgIpc) is 2.90. The molecular formula is C31H50BrN3O2. The predicted molar refractivity (Wildman–Crippen MR) is 163 cm³/mol. The van der Waals surface area contributed by atoms with Crippen molar-refractivity contribution >= 4 is 34.6 Å². The maximum Gasteiger partial charge on any atom is 0.146 e. The fourth-order valence-electron chi connectivity index (χ4n) is 3.70. The van der Waals surface area contributed by atoms with Gasteiger partial charge >= 0.3 is 0 Å². The summed E-state index contributed by atoms with van der Waals surface area (Å²) in [5, 5.41) is 8.63. The minimum absolute atomic E-state index is 0. The molecule has 0 aliphatic rings. The third-order valence-corrected chi connectivity index (χ3v) is 5.83. The molecule has 0 radical (unpaired) electrons. The van der Waals surface area contributed by atoms with Gasteiger partial charge < -0.3 is 14.4 Å². The Kier molecular flexibility index (Phi) is 24.2. The van der Waals surface area contributed by atoms with E-state index in [2.05, 4.69) is 22.1 Å². The van der Waals surface area contributed by atoms with Crippen LogP contribution in [0.25, 0.3) is 0 Å². The first kappa shape index (κ1) is 35.0. The Labute approximate surface area is 236 Å². The summed E-state index contributed by atoms with van der Waals surface area (Å²) in [6, 6.07) is 17.6. The highest BCUT2D eigenvalue weighted by molar-refractivity contribution is 8.93. The van der Waals surface area contributed by atoms with Gasteiger partial charge in [0.25, 0.3) is 0 Å². The van der Waals surface area contributed by atoms with Crippen LogP contribution in [-0.2, 0) is 4.79 Å². The number of carbonyl (C=O) groups excluding carboxylic acids is 1. The fraction of sp³-hybridized carbons (Fsp3) is 0.581. The van der Waals surface area contributed by atoms with Gasteiger partial charge in [0, 0.05) is 6.42 Å². The Bertz CT molecular complexity index is 800. The number of aldehydes is 1. The van der Waals surface area contributed by atoms with Crippen molar-refractivity contribution in [1.29, 1.82) is 0 Å². The van der Waals surface area contributed by atoms with Crippen LogP contribution in [0.5, 0.6) is 5.75 Å². The number of azo groups is 1. The van der Waals surface area contributed by atoms with E-state index >= 15 is 0 Å². The van der Waals surface area contributed by atoms with Gasteiger partial charge in [-0.2, -0.15) is 5.11 Å². The lowest BCUT2D eigenvalue weighted by atomic mass is 10.1. The van der Waals surface area contributed by atoms with E-state index in [4.69, 9.17) is 4.74 Å². The number of para-hydroxylation sites is 1. The first-order chi connectivity index (χ1) is 17.7. The second-order valence-corrected chi connectivity index (χ2v) is 9.50. The molecule has 0 bridgehead atoms. The van der Waals surface area contributed by atoms with Crippen LogP contribution in [0.3, 0.4) is 0 Å². The lowest BCUT2D eigenvalue weighted by Gasteiger charge is -2.08. The summed E-state index contributed by atoms with van der Waals surface area (Å²) in [4.78, 5) is 12.0. The van der Waals surface area contributed by atoms with Crippen molar-refractivity contribution in [2.75, 3.05) is 27.2 Å². The molecule has 0 fully saturated rings. The molecule has 2 aromatic carbocycles. The van der Waals surface area contributed by atoms with E-state index in [9.17, 15) is 4.79 Å². The normalized spacial score (nSPS) is 10.6. The quantitative estimate of drug-likeness (QED) is 0.0950. The molecule has 0 spiro atoms. The SMILES string of the molecule is Br.CCCCCCCCCCCCOc1ccccc1N=Nc1ccccc1.CN(C)CCCCC=O. The van der Waals surface area contributed by atoms with E-state index in [0.29, 0.717) is 6.42 Å². The average molecular weight is 577 g/mol. The monoisotopic (exact) mass is 575 g/mol. The second-order valence-electron chi connectivity index (χ2n) is 9.50. The number of nitrogens with zero attached hydrogens (tertiary/aromatic N) is 3. The zero-order valence-electron chi connectivity index (χ0n) is 23.4. The maximum atomic E-state index is 9.84. The summed E-state index contributed by atoms with van der Waals surface area (Å²) in [6.07, 6.45) is 17.2. The van der Waals surface area contributed by atoms with Crippen molar-refractivity contribution in [2.24, 2.45) is 10.2 Å². The molecule has 0 aromatic heterocycles. The summed E-state index contributed by atoms with van der Waals surface area (Å²) in [6.45, 7) is 4.11. The van der Waals surface area contributed by atoms with Gasteiger partial charge in [0.15, 0.2) is 0 Å². The molecule has 208 valence electrons. The van der Waals surface area contributed by atoms with E-state index in [1.807, 2.05) is 68.7 Å². The maximum absolute atomic E-state index is 9.84. The number of halogens is 1. The molecule has 6 heteroatoms. The fourth-order valence-corrected chi connectivity index (χ4v) is 3.70. The van der Waals surface area contributed by atoms with Gasteiger partial charge in [0.2, 0.25) is 0 Å². The molecular weight excluding hydrogens is 526 g/mol. The molecule has 37 heavy (non-hydrogen) atoms. The molecule has 0 unspecified atom stereocenters. The van der Waals surface area contributed by atoms with E-state index in [1.165, 1.54) is 57.8 Å². The lowest BCUT2D eigenvalue weighted by Crippen LogP contribution is -2.12. The number of hydrogen-bond acceptors (Lipinski definition) is 5. The highest BCUT2D eigenvalue weighted by Crippen LogP contribution is 2.29. The molecule has 0 saturated heterocycles. The third-order valence-electron chi connectivity index (χ3n) is 5.83. The van der Waals surface area contributed by atoms with Crippen LogP contribution < -0.4 is 4.74 Å². The number of unbranched alkanes of at least 4 members (excludes halogenated alkanes) is 11. The van der Waals surface area contributed by atoms with Crippen LogP contribution in [-0.4, -0.2) is 38.4 Å². The van der Waals surface area contributed by atoms with Crippen LogP contribution in [0, 0.1) is 0 Å². The molecule has 0 saturated carbocycles. The predicted octanol–water partition coefficient (Wildman–Crippen LogP) is 9.90. The zero-order chi connectivity index (χ0) is 26.1. The van der Waals surface area contributed by atoms with Crippen LogP contribution in [0.4, 0.5) is 11.4 Å². The molecule has 0 atom stereocenters. The van der Waals surface area contributed by atoms with Crippen LogP contribution in [0.1, 0.15) is 90.4 Å². The smallest absolute Gasteiger partial charge is 0.146 e. The van der Waals surface area contributed by atoms with Crippen LogP contribution in [0.15, 0.2) is 64.8 Å². The van der Waals surface area contributed by atoms with Crippen molar-refractivity contribution in [3.63, 3.8) is 0 Å². The molecule has 5 nitrogen and oxygen atoms in total. The first-order valence-electron chi connectivity index (χ1n) is 13.9. The number of benzene rings is 2. The van der Waals surface area contributed by atoms with Crippen LogP contribution in [0.2, 0.25) is 0 Å². The molecule has 0 N–H and O–H groups in total. The Morgan fingerprint density at radius 3 is 1.95 bits per heavy atom.